The van der Waals surface area contributed by atoms with Crippen LogP contribution in [0.4, 0.5) is 17.1 Å². The highest BCUT2D eigenvalue weighted by Gasteiger charge is 2.23. The Labute approximate surface area is 294 Å². The minimum atomic E-state index is 0.590. The van der Waals surface area contributed by atoms with E-state index in [0.29, 0.717) is 11.5 Å². The number of para-hydroxylation sites is 1. The summed E-state index contributed by atoms with van der Waals surface area (Å²) in [5.74, 6) is 0.590. The van der Waals surface area contributed by atoms with E-state index in [1.54, 1.807) is 0 Å². The number of rotatable bonds is 6. The molecule has 8 aromatic carbocycles. The van der Waals surface area contributed by atoms with Crippen molar-refractivity contribution in [3.63, 3.8) is 0 Å². The van der Waals surface area contributed by atoms with E-state index in [1.165, 1.54) is 16.3 Å². The molecular weight excluding hydrogens is 625 g/mol. The maximum Gasteiger partial charge on any atom is 0.227 e. The number of furan rings is 1. The smallest absolute Gasteiger partial charge is 0.227 e. The molecule has 0 atom stereocenters. The van der Waals surface area contributed by atoms with Gasteiger partial charge in [-0.05, 0) is 82.1 Å². The summed E-state index contributed by atoms with van der Waals surface area (Å²) >= 11 is 0. The Bertz CT molecular complexity index is 2850. The van der Waals surface area contributed by atoms with Crippen molar-refractivity contribution < 1.29 is 8.83 Å². The van der Waals surface area contributed by atoms with Gasteiger partial charge in [0.1, 0.15) is 16.7 Å². The standard InChI is InChI=1S/C47H30N2O2/c1-3-12-31(13-4-1)33-24-26-37(27-25-33)49(41-19-10-9-18-38(41)36-23-22-32-14-7-8-17-35(32)28-36)42-20-11-21-43-46(42)39-29-40-45(30-44(39)50-43)51-47(48-40)34-15-5-2-6-16-34/h1-30H. The van der Waals surface area contributed by atoms with Gasteiger partial charge < -0.3 is 13.7 Å². The first-order valence-corrected chi connectivity index (χ1v) is 17.1. The van der Waals surface area contributed by atoms with Crippen LogP contribution >= 0.6 is 0 Å². The third-order valence-corrected chi connectivity index (χ3v) is 9.68. The van der Waals surface area contributed by atoms with Crippen molar-refractivity contribution in [1.82, 2.24) is 4.98 Å². The molecule has 0 fully saturated rings. The Morgan fingerprint density at radius 1 is 0.412 bits per heavy atom. The molecule has 2 heterocycles. The van der Waals surface area contributed by atoms with E-state index in [-0.39, 0.29) is 0 Å². The van der Waals surface area contributed by atoms with Gasteiger partial charge in [0.2, 0.25) is 5.89 Å². The average Bonchev–Trinajstić information content (AvgIpc) is 3.79. The molecule has 240 valence electrons. The number of aromatic nitrogens is 1. The summed E-state index contributed by atoms with van der Waals surface area (Å²) in [6.07, 6.45) is 0. The molecule has 0 saturated carbocycles. The first-order valence-electron chi connectivity index (χ1n) is 17.1. The Kier molecular flexibility index (Phi) is 6.78. The molecule has 0 unspecified atom stereocenters. The van der Waals surface area contributed by atoms with Gasteiger partial charge in [0.25, 0.3) is 0 Å². The highest BCUT2D eigenvalue weighted by Crippen LogP contribution is 2.47. The van der Waals surface area contributed by atoms with Gasteiger partial charge in [-0.15, -0.1) is 0 Å². The van der Waals surface area contributed by atoms with E-state index >= 15 is 0 Å². The molecule has 10 rings (SSSR count). The molecule has 0 saturated heterocycles. The largest absolute Gasteiger partial charge is 0.456 e. The fourth-order valence-corrected chi connectivity index (χ4v) is 7.23. The molecule has 0 radical (unpaired) electrons. The Morgan fingerprint density at radius 2 is 1.08 bits per heavy atom. The number of nitrogens with zero attached hydrogens (tertiary/aromatic N) is 2. The molecular formula is C47H30N2O2. The van der Waals surface area contributed by atoms with Crippen molar-refractivity contribution in [2.24, 2.45) is 0 Å². The molecule has 4 heteroatoms. The molecule has 2 aromatic heterocycles. The topological polar surface area (TPSA) is 42.4 Å². The van der Waals surface area contributed by atoms with Gasteiger partial charge in [-0.3, -0.25) is 0 Å². The van der Waals surface area contributed by atoms with Crippen molar-refractivity contribution in [2.75, 3.05) is 4.90 Å². The van der Waals surface area contributed by atoms with E-state index in [9.17, 15) is 0 Å². The molecule has 4 nitrogen and oxygen atoms in total. The summed E-state index contributed by atoms with van der Waals surface area (Å²) in [5.41, 5.74) is 11.7. The quantitative estimate of drug-likeness (QED) is 0.179. The number of fused-ring (bicyclic) bond motifs is 5. The maximum atomic E-state index is 6.56. The molecule has 0 N–H and O–H groups in total. The number of hydrogen-bond acceptors (Lipinski definition) is 4. The minimum absolute atomic E-state index is 0.590. The summed E-state index contributed by atoms with van der Waals surface area (Å²) < 4.78 is 12.8. The van der Waals surface area contributed by atoms with E-state index in [0.717, 1.165) is 66.8 Å². The summed E-state index contributed by atoms with van der Waals surface area (Å²) in [5, 5.41) is 4.42. The van der Waals surface area contributed by atoms with Crippen LogP contribution in [0.15, 0.2) is 191 Å². The van der Waals surface area contributed by atoms with E-state index in [1.807, 2.05) is 42.5 Å². The lowest BCUT2D eigenvalue weighted by Crippen LogP contribution is -2.11. The molecule has 0 aliphatic rings. The predicted molar refractivity (Wildman–Crippen MR) is 210 cm³/mol. The van der Waals surface area contributed by atoms with Crippen molar-refractivity contribution in [2.45, 2.75) is 0 Å². The number of oxazole rings is 1. The van der Waals surface area contributed by atoms with Crippen LogP contribution in [0.3, 0.4) is 0 Å². The Balaban J connectivity index is 1.20. The minimum Gasteiger partial charge on any atom is -0.456 e. The normalized spacial score (nSPS) is 11.5. The Hall–Kier alpha value is -6.91. The lowest BCUT2D eigenvalue weighted by Gasteiger charge is -2.28. The second kappa shape index (κ2) is 11.9. The molecule has 10 aromatic rings. The lowest BCUT2D eigenvalue weighted by atomic mass is 9.98. The van der Waals surface area contributed by atoms with E-state index < -0.39 is 0 Å². The van der Waals surface area contributed by atoms with Crippen LogP contribution in [-0.4, -0.2) is 4.98 Å². The number of hydrogen-bond donors (Lipinski definition) is 0. The summed E-state index contributed by atoms with van der Waals surface area (Å²) in [7, 11) is 0. The lowest BCUT2D eigenvalue weighted by molar-refractivity contribution is 0.617. The number of benzene rings is 8. The molecule has 0 amide bonds. The zero-order valence-corrected chi connectivity index (χ0v) is 27.5. The first-order chi connectivity index (χ1) is 25.3. The van der Waals surface area contributed by atoms with Gasteiger partial charge in [0, 0.05) is 28.3 Å². The van der Waals surface area contributed by atoms with Crippen molar-refractivity contribution in [1.29, 1.82) is 0 Å². The van der Waals surface area contributed by atoms with Crippen LogP contribution in [0.5, 0.6) is 0 Å². The monoisotopic (exact) mass is 654 g/mol. The van der Waals surface area contributed by atoms with Crippen LogP contribution in [0.1, 0.15) is 0 Å². The predicted octanol–water partition coefficient (Wildman–Crippen LogP) is 13.4. The van der Waals surface area contributed by atoms with Crippen molar-refractivity contribution in [3.8, 4) is 33.7 Å². The average molecular weight is 655 g/mol. The highest BCUT2D eigenvalue weighted by atomic mass is 16.4. The molecule has 0 aliphatic carbocycles. The van der Waals surface area contributed by atoms with Crippen LogP contribution < -0.4 is 4.90 Å². The maximum absolute atomic E-state index is 6.56. The van der Waals surface area contributed by atoms with Gasteiger partial charge in [-0.2, -0.15) is 0 Å². The van der Waals surface area contributed by atoms with Crippen molar-refractivity contribution >= 4 is 60.9 Å². The fraction of sp³-hybridized carbons (Fsp3) is 0. The molecule has 0 aliphatic heterocycles. The molecule has 0 spiro atoms. The van der Waals surface area contributed by atoms with Gasteiger partial charge in [0.15, 0.2) is 5.58 Å². The van der Waals surface area contributed by atoms with Crippen LogP contribution in [-0.2, 0) is 0 Å². The summed E-state index contributed by atoms with van der Waals surface area (Å²) in [4.78, 5) is 7.27. The third-order valence-electron chi connectivity index (χ3n) is 9.68. The Morgan fingerprint density at radius 3 is 1.90 bits per heavy atom. The molecule has 0 bridgehead atoms. The highest BCUT2D eigenvalue weighted by molar-refractivity contribution is 6.16. The van der Waals surface area contributed by atoms with Crippen LogP contribution in [0, 0.1) is 0 Å². The van der Waals surface area contributed by atoms with Crippen molar-refractivity contribution in [3.05, 3.63) is 182 Å². The van der Waals surface area contributed by atoms with E-state index in [4.69, 9.17) is 13.8 Å². The summed E-state index contributed by atoms with van der Waals surface area (Å²) in [6.45, 7) is 0. The first kappa shape index (κ1) is 29.0. The fourth-order valence-electron chi connectivity index (χ4n) is 7.23. The van der Waals surface area contributed by atoms with Crippen LogP contribution in [0.25, 0.3) is 77.5 Å². The SMILES string of the molecule is c1ccc(-c2ccc(N(c3ccccc3-c3ccc4ccccc4c3)c3cccc4oc5cc6oc(-c7ccccc7)nc6cc5c34)cc2)cc1. The number of anilines is 3. The zero-order chi connectivity index (χ0) is 33.7. The van der Waals surface area contributed by atoms with Crippen LogP contribution in [0.2, 0.25) is 0 Å². The summed E-state index contributed by atoms with van der Waals surface area (Å²) in [6, 6.07) is 63.5. The third kappa shape index (κ3) is 5.04. The van der Waals surface area contributed by atoms with Gasteiger partial charge in [-0.25, -0.2) is 4.98 Å². The zero-order valence-electron chi connectivity index (χ0n) is 27.5. The molecule has 51 heavy (non-hydrogen) atoms. The van der Waals surface area contributed by atoms with Gasteiger partial charge in [-0.1, -0.05) is 121 Å². The van der Waals surface area contributed by atoms with E-state index in [2.05, 4.69) is 144 Å². The second-order valence-corrected chi connectivity index (χ2v) is 12.8. The van der Waals surface area contributed by atoms with Gasteiger partial charge >= 0.3 is 0 Å². The second-order valence-electron chi connectivity index (χ2n) is 12.8. The van der Waals surface area contributed by atoms with Gasteiger partial charge in [0.05, 0.1) is 16.8 Å².